The highest BCUT2D eigenvalue weighted by Gasteiger charge is 2.27. The summed E-state index contributed by atoms with van der Waals surface area (Å²) in [4.78, 5) is 19.0. The van der Waals surface area contributed by atoms with Crippen molar-refractivity contribution >= 4 is 5.91 Å². The molecule has 5 rings (SSSR count). The number of ether oxygens (including phenoxy) is 1. The molecule has 0 fully saturated rings. The predicted molar refractivity (Wildman–Crippen MR) is 135 cm³/mol. The average molecular weight is 465 g/mol. The summed E-state index contributed by atoms with van der Waals surface area (Å²) >= 11 is 0. The highest BCUT2D eigenvalue weighted by atomic mass is 16.5. The molecule has 0 bridgehead atoms. The molecule has 2 heterocycles. The molecular weight excluding hydrogens is 436 g/mol. The number of carbonyl (C=O) groups is 1. The van der Waals surface area contributed by atoms with Crippen LogP contribution in [0.3, 0.4) is 0 Å². The highest BCUT2D eigenvalue weighted by molar-refractivity contribution is 5.78. The van der Waals surface area contributed by atoms with E-state index in [2.05, 4.69) is 4.98 Å². The smallest absolute Gasteiger partial charge is 0.227 e. The molecule has 5 heteroatoms. The van der Waals surface area contributed by atoms with Crippen molar-refractivity contribution in [2.75, 3.05) is 13.2 Å². The minimum absolute atomic E-state index is 0.0341. The standard InChI is InChI=1S/C30H28N2O3/c33-28(18-22-8-7-15-31-20-22)32-16-17-35-27-14-13-25(19-26(27)21-32)30(34)29(23-9-3-1-4-10-23)24-11-5-2-6-12-24/h1-15,19-20,29-30,34H,16-18,21H2/t30-/m0/s1. The number of carbonyl (C=O) groups excluding carboxylic acids is 1. The van der Waals surface area contributed by atoms with Crippen molar-refractivity contribution in [3.63, 3.8) is 0 Å². The first-order valence-electron chi connectivity index (χ1n) is 11.9. The van der Waals surface area contributed by atoms with Crippen molar-refractivity contribution < 1.29 is 14.6 Å². The Morgan fingerprint density at radius 3 is 2.29 bits per heavy atom. The third kappa shape index (κ3) is 5.26. The van der Waals surface area contributed by atoms with E-state index in [0.29, 0.717) is 26.1 Å². The van der Waals surface area contributed by atoms with E-state index in [1.807, 2.05) is 95.9 Å². The van der Waals surface area contributed by atoms with E-state index in [4.69, 9.17) is 4.74 Å². The first-order valence-corrected chi connectivity index (χ1v) is 11.9. The number of aromatic nitrogens is 1. The Balaban J connectivity index is 1.42. The number of aliphatic hydroxyl groups is 1. The molecule has 1 atom stereocenters. The largest absolute Gasteiger partial charge is 0.491 e. The van der Waals surface area contributed by atoms with E-state index in [1.165, 1.54) is 0 Å². The van der Waals surface area contributed by atoms with Crippen LogP contribution in [-0.2, 0) is 17.8 Å². The van der Waals surface area contributed by atoms with Crippen LogP contribution in [0, 0.1) is 0 Å². The molecule has 35 heavy (non-hydrogen) atoms. The van der Waals surface area contributed by atoms with Gasteiger partial charge in [-0.1, -0.05) is 72.8 Å². The van der Waals surface area contributed by atoms with Crippen LogP contribution in [0.4, 0.5) is 0 Å². The van der Waals surface area contributed by atoms with E-state index in [9.17, 15) is 9.90 Å². The van der Waals surface area contributed by atoms with Gasteiger partial charge in [-0.15, -0.1) is 0 Å². The molecule has 176 valence electrons. The Morgan fingerprint density at radius 2 is 1.63 bits per heavy atom. The maximum Gasteiger partial charge on any atom is 0.227 e. The number of amides is 1. The second kappa shape index (κ2) is 10.5. The summed E-state index contributed by atoms with van der Waals surface area (Å²) in [6, 6.07) is 29.7. The third-order valence-corrected chi connectivity index (χ3v) is 6.47. The number of fused-ring (bicyclic) bond motifs is 1. The number of pyridine rings is 1. The second-order valence-corrected chi connectivity index (χ2v) is 8.81. The predicted octanol–water partition coefficient (Wildman–Crippen LogP) is 4.91. The lowest BCUT2D eigenvalue weighted by atomic mass is 9.83. The van der Waals surface area contributed by atoms with Gasteiger partial charge in [0.15, 0.2) is 0 Å². The van der Waals surface area contributed by atoms with Crippen molar-refractivity contribution in [3.05, 3.63) is 131 Å². The summed E-state index contributed by atoms with van der Waals surface area (Å²) < 4.78 is 5.96. The molecule has 1 N–H and O–H groups in total. The van der Waals surface area contributed by atoms with E-state index >= 15 is 0 Å². The third-order valence-electron chi connectivity index (χ3n) is 6.47. The lowest BCUT2D eigenvalue weighted by Crippen LogP contribution is -2.33. The highest BCUT2D eigenvalue weighted by Crippen LogP contribution is 2.38. The molecule has 0 saturated heterocycles. The monoisotopic (exact) mass is 464 g/mol. The number of benzene rings is 3. The number of aliphatic hydroxyl groups excluding tert-OH is 1. The van der Waals surface area contributed by atoms with Crippen molar-refractivity contribution in [1.29, 1.82) is 0 Å². The Labute approximate surface area is 205 Å². The summed E-state index contributed by atoms with van der Waals surface area (Å²) in [5, 5.41) is 11.6. The minimum atomic E-state index is -0.757. The summed E-state index contributed by atoms with van der Waals surface area (Å²) in [5.41, 5.74) is 4.68. The fraction of sp³-hybridized carbons (Fsp3) is 0.200. The number of rotatable bonds is 6. The van der Waals surface area contributed by atoms with E-state index in [0.717, 1.165) is 33.6 Å². The van der Waals surface area contributed by atoms with Gasteiger partial charge in [-0.25, -0.2) is 0 Å². The molecule has 5 nitrogen and oxygen atoms in total. The van der Waals surface area contributed by atoms with Crippen LogP contribution in [0.1, 0.15) is 39.8 Å². The maximum absolute atomic E-state index is 13.0. The van der Waals surface area contributed by atoms with Gasteiger partial charge in [-0.2, -0.15) is 0 Å². The normalized spacial score (nSPS) is 14.1. The van der Waals surface area contributed by atoms with Gasteiger partial charge in [-0.05, 0) is 40.5 Å². The molecule has 4 aromatic rings. The molecule has 0 saturated carbocycles. The van der Waals surface area contributed by atoms with E-state index < -0.39 is 6.10 Å². The Hall–Kier alpha value is -3.96. The zero-order chi connectivity index (χ0) is 24.0. The van der Waals surface area contributed by atoms with Gasteiger partial charge >= 0.3 is 0 Å². The van der Waals surface area contributed by atoms with Crippen LogP contribution in [0.5, 0.6) is 5.75 Å². The lowest BCUT2D eigenvalue weighted by Gasteiger charge is -2.25. The van der Waals surface area contributed by atoms with Crippen molar-refractivity contribution in [3.8, 4) is 5.75 Å². The van der Waals surface area contributed by atoms with Crippen molar-refractivity contribution in [2.24, 2.45) is 0 Å². The number of hydrogen-bond donors (Lipinski definition) is 1. The van der Waals surface area contributed by atoms with Gasteiger partial charge in [0.2, 0.25) is 5.91 Å². The first-order chi connectivity index (χ1) is 17.2. The summed E-state index contributed by atoms with van der Waals surface area (Å²) in [5.74, 6) is 0.575. The zero-order valence-corrected chi connectivity index (χ0v) is 19.5. The molecule has 1 aliphatic rings. The van der Waals surface area contributed by atoms with Gasteiger partial charge < -0.3 is 14.7 Å². The zero-order valence-electron chi connectivity index (χ0n) is 19.5. The van der Waals surface area contributed by atoms with Crippen LogP contribution in [0.2, 0.25) is 0 Å². The lowest BCUT2D eigenvalue weighted by molar-refractivity contribution is -0.131. The number of nitrogens with zero attached hydrogens (tertiary/aromatic N) is 2. The van der Waals surface area contributed by atoms with E-state index in [-0.39, 0.29) is 11.8 Å². The van der Waals surface area contributed by atoms with Crippen molar-refractivity contribution in [2.45, 2.75) is 25.0 Å². The fourth-order valence-electron chi connectivity index (χ4n) is 4.67. The van der Waals surface area contributed by atoms with Crippen molar-refractivity contribution in [1.82, 2.24) is 9.88 Å². The molecule has 0 spiro atoms. The van der Waals surface area contributed by atoms with Gasteiger partial charge in [0.05, 0.1) is 19.1 Å². The quantitative estimate of drug-likeness (QED) is 0.440. The summed E-state index contributed by atoms with van der Waals surface area (Å²) in [6.45, 7) is 1.39. The van der Waals surface area contributed by atoms with Crippen LogP contribution in [-0.4, -0.2) is 34.0 Å². The van der Waals surface area contributed by atoms with E-state index in [1.54, 1.807) is 12.4 Å². The molecule has 0 unspecified atom stereocenters. The topological polar surface area (TPSA) is 62.7 Å². The second-order valence-electron chi connectivity index (χ2n) is 8.81. The maximum atomic E-state index is 13.0. The average Bonchev–Trinajstić information content (AvgIpc) is 3.13. The van der Waals surface area contributed by atoms with Crippen LogP contribution in [0.25, 0.3) is 0 Å². The Bertz CT molecular complexity index is 1220. The minimum Gasteiger partial charge on any atom is -0.491 e. The first kappa shape index (κ1) is 22.8. The van der Waals surface area contributed by atoms with Gasteiger partial charge in [0.25, 0.3) is 0 Å². The Kier molecular flexibility index (Phi) is 6.87. The fourth-order valence-corrected chi connectivity index (χ4v) is 4.67. The molecule has 1 amide bonds. The molecule has 1 aliphatic heterocycles. The van der Waals surface area contributed by atoms with Crippen LogP contribution in [0.15, 0.2) is 103 Å². The van der Waals surface area contributed by atoms with Crippen LogP contribution >= 0.6 is 0 Å². The molecule has 3 aromatic carbocycles. The van der Waals surface area contributed by atoms with Gasteiger partial charge in [0.1, 0.15) is 12.4 Å². The molecule has 0 aliphatic carbocycles. The summed E-state index contributed by atoms with van der Waals surface area (Å²) in [7, 11) is 0. The van der Waals surface area contributed by atoms with Gasteiger partial charge in [-0.3, -0.25) is 9.78 Å². The molecule has 0 radical (unpaired) electrons. The SMILES string of the molecule is O=C(Cc1cccnc1)N1CCOc2ccc([C@H](O)C(c3ccccc3)c3ccccc3)cc2C1. The molecular formula is C30H28N2O3. The molecule has 1 aromatic heterocycles. The Morgan fingerprint density at radius 1 is 0.914 bits per heavy atom. The van der Waals surface area contributed by atoms with Crippen LogP contribution < -0.4 is 4.74 Å². The summed E-state index contributed by atoms with van der Waals surface area (Å²) in [6.07, 6.45) is 2.97. The van der Waals surface area contributed by atoms with Gasteiger partial charge in [0, 0.05) is 30.4 Å². The number of hydrogen-bond acceptors (Lipinski definition) is 4.